The number of rotatable bonds is 8. The maximum absolute atomic E-state index is 13.3. The number of amides is 2. The molecule has 2 amide bonds. The molecule has 29 heavy (non-hydrogen) atoms. The van der Waals surface area contributed by atoms with E-state index in [0.717, 1.165) is 17.3 Å². The molecular formula is C21H21ClFN3O3. The fraction of sp³-hybridized carbons (Fsp3) is 0.238. The molecule has 1 atom stereocenters. The van der Waals surface area contributed by atoms with Crippen LogP contribution in [0.25, 0.3) is 0 Å². The van der Waals surface area contributed by atoms with Crippen LogP contribution in [-0.4, -0.2) is 31.0 Å². The van der Waals surface area contributed by atoms with Crippen LogP contribution in [0.1, 0.15) is 12.0 Å². The minimum atomic E-state index is -0.621. The number of benzene rings is 2. The molecule has 2 aromatic rings. The molecule has 2 aromatic carbocycles. The highest BCUT2D eigenvalue weighted by atomic mass is 35.5. The Morgan fingerprint density at radius 1 is 1.28 bits per heavy atom. The summed E-state index contributed by atoms with van der Waals surface area (Å²) >= 11 is 5.59. The summed E-state index contributed by atoms with van der Waals surface area (Å²) in [6, 6.07) is 11.4. The largest absolute Gasteiger partial charge is 0.484 e. The lowest BCUT2D eigenvalue weighted by Crippen LogP contribution is -2.39. The summed E-state index contributed by atoms with van der Waals surface area (Å²) in [6.07, 6.45) is 1.02. The first-order chi connectivity index (χ1) is 13.9. The van der Waals surface area contributed by atoms with E-state index in [1.54, 1.807) is 0 Å². The summed E-state index contributed by atoms with van der Waals surface area (Å²) in [4.78, 5) is 24.2. The number of carbonyl (C=O) groups excluding carboxylic acids is 2. The van der Waals surface area contributed by atoms with Crippen LogP contribution in [0, 0.1) is 5.82 Å². The van der Waals surface area contributed by atoms with Gasteiger partial charge < -0.3 is 20.7 Å². The Morgan fingerprint density at radius 2 is 2.07 bits per heavy atom. The average molecular weight is 418 g/mol. The number of carbonyl (C=O) groups is 2. The van der Waals surface area contributed by atoms with Crippen molar-refractivity contribution < 1.29 is 18.7 Å². The van der Waals surface area contributed by atoms with Crippen LogP contribution < -0.4 is 20.7 Å². The molecule has 1 aliphatic heterocycles. The lowest BCUT2D eigenvalue weighted by Gasteiger charge is -2.13. The van der Waals surface area contributed by atoms with E-state index in [4.69, 9.17) is 16.3 Å². The summed E-state index contributed by atoms with van der Waals surface area (Å²) in [5.41, 5.74) is 2.54. The van der Waals surface area contributed by atoms with E-state index in [2.05, 4.69) is 22.5 Å². The van der Waals surface area contributed by atoms with E-state index in [1.807, 2.05) is 24.3 Å². The molecule has 152 valence electrons. The molecule has 0 spiro atoms. The van der Waals surface area contributed by atoms with Gasteiger partial charge in [0.25, 0.3) is 5.91 Å². The second kappa shape index (κ2) is 9.43. The van der Waals surface area contributed by atoms with Crippen LogP contribution in [0.4, 0.5) is 10.1 Å². The molecule has 0 aromatic heterocycles. The van der Waals surface area contributed by atoms with Crippen molar-refractivity contribution in [1.29, 1.82) is 0 Å². The fourth-order valence-electron chi connectivity index (χ4n) is 2.93. The number of halogens is 2. The average Bonchev–Trinajstić information content (AvgIpc) is 3.13. The Balaban J connectivity index is 1.34. The standard InChI is InChI=1S/C21H21ClFN3O3/c1-13(25-20(27)12-29-15-6-7-16(22)17(23)11-15)8-9-24-21(28)19-10-14-4-2-3-5-18(14)26-19/h2-7,11,19,26H,1,8-10,12H2,(H,24,28)(H,25,27)/t19-/m1/s1. The molecular weight excluding hydrogens is 397 g/mol. The maximum atomic E-state index is 13.3. The van der Waals surface area contributed by atoms with E-state index >= 15 is 0 Å². The van der Waals surface area contributed by atoms with Crippen molar-refractivity contribution in [3.8, 4) is 5.75 Å². The molecule has 0 saturated carbocycles. The predicted octanol–water partition coefficient (Wildman–Crippen LogP) is 3.03. The quantitative estimate of drug-likeness (QED) is 0.617. The van der Waals surface area contributed by atoms with Crippen molar-refractivity contribution in [3.05, 3.63) is 71.1 Å². The van der Waals surface area contributed by atoms with Gasteiger partial charge in [-0.3, -0.25) is 9.59 Å². The summed E-state index contributed by atoms with van der Waals surface area (Å²) in [5, 5.41) is 8.59. The smallest absolute Gasteiger partial charge is 0.262 e. The van der Waals surface area contributed by atoms with E-state index in [0.29, 0.717) is 25.1 Å². The number of ether oxygens (including phenoxy) is 1. The highest BCUT2D eigenvalue weighted by Gasteiger charge is 2.25. The first-order valence-electron chi connectivity index (χ1n) is 9.10. The van der Waals surface area contributed by atoms with Gasteiger partial charge in [-0.15, -0.1) is 0 Å². The summed E-state index contributed by atoms with van der Waals surface area (Å²) < 4.78 is 18.6. The Hall–Kier alpha value is -3.06. The third-order valence-corrected chi connectivity index (χ3v) is 4.70. The molecule has 3 N–H and O–H groups in total. The van der Waals surface area contributed by atoms with Crippen molar-refractivity contribution in [1.82, 2.24) is 10.6 Å². The molecule has 0 aliphatic carbocycles. The minimum Gasteiger partial charge on any atom is -0.484 e. The number of nitrogens with one attached hydrogen (secondary N) is 3. The molecule has 1 heterocycles. The number of hydrogen-bond acceptors (Lipinski definition) is 4. The fourth-order valence-corrected chi connectivity index (χ4v) is 3.04. The molecule has 0 bridgehead atoms. The number of fused-ring (bicyclic) bond motifs is 1. The number of hydrogen-bond donors (Lipinski definition) is 3. The van der Waals surface area contributed by atoms with Crippen LogP contribution in [0.15, 0.2) is 54.7 Å². The Morgan fingerprint density at radius 3 is 2.83 bits per heavy atom. The molecule has 3 rings (SSSR count). The van der Waals surface area contributed by atoms with Gasteiger partial charge >= 0.3 is 0 Å². The third-order valence-electron chi connectivity index (χ3n) is 4.39. The summed E-state index contributed by atoms with van der Waals surface area (Å²) in [6.45, 7) is 3.82. The van der Waals surface area contributed by atoms with E-state index in [-0.39, 0.29) is 29.3 Å². The van der Waals surface area contributed by atoms with Gasteiger partial charge in [0.15, 0.2) is 6.61 Å². The minimum absolute atomic E-state index is 0.0195. The lowest BCUT2D eigenvalue weighted by molar-refractivity contribution is -0.122. The molecule has 0 unspecified atom stereocenters. The first kappa shape index (κ1) is 20.7. The van der Waals surface area contributed by atoms with Crippen LogP contribution in [0.2, 0.25) is 5.02 Å². The van der Waals surface area contributed by atoms with Gasteiger partial charge in [-0.1, -0.05) is 36.4 Å². The second-order valence-electron chi connectivity index (χ2n) is 6.62. The zero-order chi connectivity index (χ0) is 20.8. The SMILES string of the molecule is C=C(CCNC(=O)[C@H]1Cc2ccccc2N1)NC(=O)COc1ccc(Cl)c(F)c1. The third kappa shape index (κ3) is 5.71. The van der Waals surface area contributed by atoms with Gasteiger partial charge in [0.2, 0.25) is 5.91 Å². The Kier molecular flexibility index (Phi) is 6.72. The molecule has 8 heteroatoms. The van der Waals surface area contributed by atoms with E-state index < -0.39 is 11.7 Å². The van der Waals surface area contributed by atoms with E-state index in [1.165, 1.54) is 12.1 Å². The highest BCUT2D eigenvalue weighted by molar-refractivity contribution is 6.30. The highest BCUT2D eigenvalue weighted by Crippen LogP contribution is 2.25. The molecule has 0 fully saturated rings. The van der Waals surface area contributed by atoms with Gasteiger partial charge in [-0.2, -0.15) is 0 Å². The van der Waals surface area contributed by atoms with Crippen molar-refractivity contribution in [2.45, 2.75) is 18.9 Å². The van der Waals surface area contributed by atoms with Crippen LogP contribution in [0.3, 0.4) is 0 Å². The molecule has 1 aliphatic rings. The first-order valence-corrected chi connectivity index (χ1v) is 9.48. The molecule has 0 radical (unpaired) electrons. The van der Waals surface area contributed by atoms with Crippen molar-refractivity contribution in [2.75, 3.05) is 18.5 Å². The van der Waals surface area contributed by atoms with Gasteiger partial charge in [0, 0.05) is 36.8 Å². The zero-order valence-electron chi connectivity index (χ0n) is 15.6. The second-order valence-corrected chi connectivity index (χ2v) is 7.02. The molecule has 6 nitrogen and oxygen atoms in total. The van der Waals surface area contributed by atoms with Crippen LogP contribution >= 0.6 is 11.6 Å². The summed E-state index contributed by atoms with van der Waals surface area (Å²) in [7, 11) is 0. The van der Waals surface area contributed by atoms with Crippen molar-refractivity contribution in [3.63, 3.8) is 0 Å². The van der Waals surface area contributed by atoms with Crippen molar-refractivity contribution in [2.24, 2.45) is 0 Å². The van der Waals surface area contributed by atoms with Gasteiger partial charge in [0.1, 0.15) is 17.6 Å². The van der Waals surface area contributed by atoms with E-state index in [9.17, 15) is 14.0 Å². The maximum Gasteiger partial charge on any atom is 0.262 e. The topological polar surface area (TPSA) is 79.5 Å². The summed E-state index contributed by atoms with van der Waals surface area (Å²) in [5.74, 6) is -0.951. The van der Waals surface area contributed by atoms with Crippen LogP contribution in [-0.2, 0) is 16.0 Å². The monoisotopic (exact) mass is 417 g/mol. The Labute approximate surface area is 173 Å². The van der Waals surface area contributed by atoms with Crippen LogP contribution in [0.5, 0.6) is 5.75 Å². The Bertz CT molecular complexity index is 910. The van der Waals surface area contributed by atoms with Gasteiger partial charge in [-0.25, -0.2) is 4.39 Å². The van der Waals surface area contributed by atoms with Gasteiger partial charge in [0.05, 0.1) is 5.02 Å². The predicted molar refractivity (Wildman–Crippen MR) is 109 cm³/mol. The lowest BCUT2D eigenvalue weighted by atomic mass is 10.1. The number of para-hydroxylation sites is 1. The van der Waals surface area contributed by atoms with Crippen molar-refractivity contribution >= 4 is 29.1 Å². The number of anilines is 1. The zero-order valence-corrected chi connectivity index (χ0v) is 16.4. The normalized spacial score (nSPS) is 14.5. The molecule has 0 saturated heterocycles. The van der Waals surface area contributed by atoms with Gasteiger partial charge in [-0.05, 0) is 23.8 Å².